The molecule has 0 spiro atoms. The summed E-state index contributed by atoms with van der Waals surface area (Å²) in [6, 6.07) is 14.9. The molecule has 126 valence electrons. The Balaban J connectivity index is 1.89. The van der Waals surface area contributed by atoms with Crippen LogP contribution >= 0.6 is 11.6 Å². The Kier molecular flexibility index (Phi) is 5.07. The number of esters is 1. The molecule has 1 aliphatic rings. The van der Waals surface area contributed by atoms with Crippen molar-refractivity contribution >= 4 is 17.6 Å². The van der Waals surface area contributed by atoms with Gasteiger partial charge in [0, 0.05) is 12.8 Å². The number of methoxy groups -OCH3 is 1. The Labute approximate surface area is 146 Å². The zero-order valence-corrected chi connectivity index (χ0v) is 14.3. The van der Waals surface area contributed by atoms with Gasteiger partial charge in [-0.15, -0.1) is 0 Å². The van der Waals surface area contributed by atoms with Crippen LogP contribution < -0.4 is 10.1 Å². The first-order valence-electron chi connectivity index (χ1n) is 7.98. The molecule has 0 aromatic heterocycles. The highest BCUT2D eigenvalue weighted by atomic mass is 35.5. The predicted molar refractivity (Wildman–Crippen MR) is 93.6 cm³/mol. The number of piperidine rings is 1. The van der Waals surface area contributed by atoms with E-state index in [2.05, 4.69) is 5.32 Å². The molecule has 0 unspecified atom stereocenters. The lowest BCUT2D eigenvalue weighted by atomic mass is 9.84. The summed E-state index contributed by atoms with van der Waals surface area (Å²) in [5, 5.41) is 3.64. The van der Waals surface area contributed by atoms with Crippen molar-refractivity contribution in [3.05, 3.63) is 64.7 Å². The molecule has 2 aromatic rings. The first-order chi connectivity index (χ1) is 11.6. The molecule has 1 heterocycles. The monoisotopic (exact) mass is 345 g/mol. The molecule has 0 aliphatic carbocycles. The minimum atomic E-state index is -0.618. The maximum Gasteiger partial charge on any atom is 0.340 e. The molecular formula is C19H20ClNO3. The smallest absolute Gasteiger partial charge is 0.340 e. The maximum atomic E-state index is 12.7. The van der Waals surface area contributed by atoms with E-state index in [4.69, 9.17) is 21.1 Å². The Morgan fingerprint density at radius 1 is 1.12 bits per heavy atom. The Hall–Kier alpha value is -2.04. The van der Waals surface area contributed by atoms with E-state index in [1.807, 2.05) is 30.3 Å². The number of hydrogen-bond donors (Lipinski definition) is 1. The Morgan fingerprint density at radius 3 is 2.46 bits per heavy atom. The van der Waals surface area contributed by atoms with E-state index in [0.29, 0.717) is 16.3 Å². The van der Waals surface area contributed by atoms with Gasteiger partial charge in [-0.2, -0.15) is 0 Å². The molecule has 1 fully saturated rings. The minimum Gasteiger partial charge on any atom is -0.497 e. The summed E-state index contributed by atoms with van der Waals surface area (Å²) in [6.45, 7) is 1.61. The maximum absolute atomic E-state index is 12.7. The van der Waals surface area contributed by atoms with Crippen LogP contribution in [0.1, 0.15) is 28.8 Å². The average molecular weight is 346 g/mol. The van der Waals surface area contributed by atoms with Crippen LogP contribution in [0.4, 0.5) is 0 Å². The standard InChI is InChI=1S/C19H20ClNO3/c1-23-15-7-8-16(17(20)13-15)18(22)24-19(9-11-21-12-10-19)14-5-3-2-4-6-14/h2-8,13,21H,9-12H2,1H3. The van der Waals surface area contributed by atoms with E-state index >= 15 is 0 Å². The molecule has 0 atom stereocenters. The van der Waals surface area contributed by atoms with Crippen molar-refractivity contribution in [1.82, 2.24) is 5.32 Å². The molecule has 1 N–H and O–H groups in total. The molecule has 4 nitrogen and oxygen atoms in total. The van der Waals surface area contributed by atoms with Gasteiger partial charge in [0.2, 0.25) is 0 Å². The normalized spacial score (nSPS) is 16.4. The SMILES string of the molecule is COc1ccc(C(=O)OC2(c3ccccc3)CCNCC2)c(Cl)c1. The number of carbonyl (C=O) groups excluding carboxylic acids is 1. The van der Waals surface area contributed by atoms with Crippen molar-refractivity contribution in [3.63, 3.8) is 0 Å². The van der Waals surface area contributed by atoms with Gasteiger partial charge in [0.1, 0.15) is 11.4 Å². The van der Waals surface area contributed by atoms with Crippen LogP contribution in [0.2, 0.25) is 5.02 Å². The number of benzene rings is 2. The van der Waals surface area contributed by atoms with Gasteiger partial charge in [0.05, 0.1) is 17.7 Å². The zero-order chi connectivity index (χ0) is 17.0. The zero-order valence-electron chi connectivity index (χ0n) is 13.5. The molecule has 2 aromatic carbocycles. The van der Waals surface area contributed by atoms with Crippen molar-refractivity contribution in [2.45, 2.75) is 18.4 Å². The van der Waals surface area contributed by atoms with Crippen LogP contribution in [0, 0.1) is 0 Å². The van der Waals surface area contributed by atoms with Crippen molar-refractivity contribution < 1.29 is 14.3 Å². The molecule has 1 aliphatic heterocycles. The summed E-state index contributed by atoms with van der Waals surface area (Å²) in [5.41, 5.74) is 0.753. The summed E-state index contributed by atoms with van der Waals surface area (Å²) >= 11 is 6.22. The first kappa shape index (κ1) is 16.8. The van der Waals surface area contributed by atoms with Crippen LogP contribution in [-0.4, -0.2) is 26.2 Å². The third kappa shape index (κ3) is 3.40. The molecule has 5 heteroatoms. The number of halogens is 1. The van der Waals surface area contributed by atoms with Gasteiger partial charge < -0.3 is 14.8 Å². The van der Waals surface area contributed by atoms with Crippen LogP contribution in [0.25, 0.3) is 0 Å². The number of ether oxygens (including phenoxy) is 2. The summed E-state index contributed by atoms with van der Waals surface area (Å²) in [4.78, 5) is 12.7. The molecule has 0 amide bonds. The predicted octanol–water partition coefficient (Wildman–Crippen LogP) is 3.78. The third-order valence-corrected chi connectivity index (χ3v) is 4.71. The van der Waals surface area contributed by atoms with Crippen molar-refractivity contribution in [1.29, 1.82) is 0 Å². The van der Waals surface area contributed by atoms with E-state index in [1.165, 1.54) is 0 Å². The third-order valence-electron chi connectivity index (χ3n) is 4.40. The van der Waals surface area contributed by atoms with E-state index in [1.54, 1.807) is 25.3 Å². The minimum absolute atomic E-state index is 0.330. The molecule has 0 saturated carbocycles. The number of nitrogens with one attached hydrogen (secondary N) is 1. The Morgan fingerprint density at radius 2 is 1.83 bits per heavy atom. The van der Waals surface area contributed by atoms with Gasteiger partial charge in [-0.1, -0.05) is 41.9 Å². The van der Waals surface area contributed by atoms with Crippen molar-refractivity contribution in [2.24, 2.45) is 0 Å². The second-order valence-corrected chi connectivity index (χ2v) is 6.25. The van der Waals surface area contributed by atoms with Crippen LogP contribution in [-0.2, 0) is 10.3 Å². The summed E-state index contributed by atoms with van der Waals surface area (Å²) in [5.74, 6) is 0.199. The van der Waals surface area contributed by atoms with Gasteiger partial charge in [0.15, 0.2) is 0 Å². The average Bonchev–Trinajstić information content (AvgIpc) is 2.63. The molecule has 0 bridgehead atoms. The van der Waals surface area contributed by atoms with Crippen LogP contribution in [0.5, 0.6) is 5.75 Å². The van der Waals surface area contributed by atoms with E-state index < -0.39 is 11.6 Å². The molecule has 3 rings (SSSR count). The van der Waals surface area contributed by atoms with Gasteiger partial charge >= 0.3 is 5.97 Å². The fraction of sp³-hybridized carbons (Fsp3) is 0.316. The van der Waals surface area contributed by atoms with Crippen molar-refractivity contribution in [2.75, 3.05) is 20.2 Å². The number of hydrogen-bond acceptors (Lipinski definition) is 4. The molecule has 0 radical (unpaired) electrons. The molecule has 1 saturated heterocycles. The van der Waals surface area contributed by atoms with Gasteiger partial charge in [0.25, 0.3) is 0 Å². The quantitative estimate of drug-likeness (QED) is 0.857. The van der Waals surface area contributed by atoms with Crippen LogP contribution in [0.3, 0.4) is 0 Å². The second-order valence-electron chi connectivity index (χ2n) is 5.85. The first-order valence-corrected chi connectivity index (χ1v) is 8.35. The van der Waals surface area contributed by atoms with Crippen molar-refractivity contribution in [3.8, 4) is 5.75 Å². The highest BCUT2D eigenvalue weighted by Gasteiger charge is 2.38. The topological polar surface area (TPSA) is 47.6 Å². The lowest BCUT2D eigenvalue weighted by molar-refractivity contribution is -0.0378. The summed E-state index contributed by atoms with van der Waals surface area (Å²) in [7, 11) is 1.56. The Bertz CT molecular complexity index is 712. The van der Waals surface area contributed by atoms with Gasteiger partial charge in [-0.05, 0) is 36.9 Å². The summed E-state index contributed by atoms with van der Waals surface area (Å²) in [6.07, 6.45) is 1.47. The highest BCUT2D eigenvalue weighted by Crippen LogP contribution is 2.36. The van der Waals surface area contributed by atoms with E-state index in [-0.39, 0.29) is 0 Å². The van der Waals surface area contributed by atoms with Crippen LogP contribution in [0.15, 0.2) is 48.5 Å². The van der Waals surface area contributed by atoms with Gasteiger partial charge in [-0.25, -0.2) is 4.79 Å². The fourth-order valence-electron chi connectivity index (χ4n) is 3.04. The highest BCUT2D eigenvalue weighted by molar-refractivity contribution is 6.33. The molecule has 24 heavy (non-hydrogen) atoms. The lowest BCUT2D eigenvalue weighted by Crippen LogP contribution is -2.43. The van der Waals surface area contributed by atoms with E-state index in [0.717, 1.165) is 31.5 Å². The summed E-state index contributed by atoms with van der Waals surface area (Å²) < 4.78 is 11.1. The number of carbonyl (C=O) groups is 1. The lowest BCUT2D eigenvalue weighted by Gasteiger charge is -2.37. The molecular weight excluding hydrogens is 326 g/mol. The number of rotatable bonds is 4. The van der Waals surface area contributed by atoms with E-state index in [9.17, 15) is 4.79 Å². The second kappa shape index (κ2) is 7.24. The van der Waals surface area contributed by atoms with Gasteiger partial charge in [-0.3, -0.25) is 0 Å². The fourth-order valence-corrected chi connectivity index (χ4v) is 3.29. The largest absolute Gasteiger partial charge is 0.497 e.